The molecule has 1 atom stereocenters. The molecule has 0 spiro atoms. The van der Waals surface area contributed by atoms with Gasteiger partial charge in [-0.2, -0.15) is 5.26 Å². The Hall–Kier alpha value is -1.86. The van der Waals surface area contributed by atoms with Crippen LogP contribution in [0.15, 0.2) is 24.3 Å². The number of carboxylic acid groups (broad SMARTS) is 1. The molecule has 0 radical (unpaired) electrons. The fourth-order valence-electron chi connectivity index (χ4n) is 1.10. The van der Waals surface area contributed by atoms with E-state index in [2.05, 4.69) is 0 Å². The third-order valence-electron chi connectivity index (χ3n) is 1.77. The predicted octanol–water partition coefficient (Wildman–Crippen LogP) is 1.07. The maximum atomic E-state index is 10.3. The lowest BCUT2D eigenvalue weighted by Gasteiger charge is -2.07. The highest BCUT2D eigenvalue weighted by Gasteiger charge is 2.11. The van der Waals surface area contributed by atoms with Crippen LogP contribution >= 0.6 is 0 Å². The average molecular weight is 191 g/mol. The Morgan fingerprint density at radius 2 is 2.29 bits per heavy atom. The molecular formula is C10H9NO3. The first-order valence-corrected chi connectivity index (χ1v) is 4.03. The van der Waals surface area contributed by atoms with Crippen molar-refractivity contribution in [2.24, 2.45) is 0 Å². The van der Waals surface area contributed by atoms with Gasteiger partial charge in [-0.25, -0.2) is 0 Å². The summed E-state index contributed by atoms with van der Waals surface area (Å²) in [5, 5.41) is 26.4. The highest BCUT2D eigenvalue weighted by Crippen LogP contribution is 2.17. The van der Waals surface area contributed by atoms with Gasteiger partial charge in [0.25, 0.3) is 0 Å². The number of benzene rings is 1. The van der Waals surface area contributed by atoms with Gasteiger partial charge in [0, 0.05) is 0 Å². The van der Waals surface area contributed by atoms with Crippen LogP contribution in [0.1, 0.15) is 23.7 Å². The van der Waals surface area contributed by atoms with Crippen LogP contribution in [0, 0.1) is 11.3 Å². The monoisotopic (exact) mass is 191 g/mol. The van der Waals surface area contributed by atoms with Crippen LogP contribution in [0.2, 0.25) is 0 Å². The summed E-state index contributed by atoms with van der Waals surface area (Å²) < 4.78 is 0. The summed E-state index contributed by atoms with van der Waals surface area (Å²) in [5.74, 6) is -1.07. The quantitative estimate of drug-likeness (QED) is 0.748. The smallest absolute Gasteiger partial charge is 0.306 e. The molecule has 0 aliphatic heterocycles. The van der Waals surface area contributed by atoms with Crippen molar-refractivity contribution < 1.29 is 15.0 Å². The van der Waals surface area contributed by atoms with Gasteiger partial charge in [-0.3, -0.25) is 4.79 Å². The molecule has 0 bridgehead atoms. The van der Waals surface area contributed by atoms with Gasteiger partial charge < -0.3 is 10.2 Å². The molecule has 1 aromatic carbocycles. The zero-order chi connectivity index (χ0) is 10.6. The van der Waals surface area contributed by atoms with Crippen molar-refractivity contribution in [2.75, 3.05) is 0 Å². The maximum absolute atomic E-state index is 10.3. The Balaban J connectivity index is 2.85. The molecule has 72 valence electrons. The summed E-state index contributed by atoms with van der Waals surface area (Å²) in [5.41, 5.74) is 0.860. The van der Waals surface area contributed by atoms with Crippen molar-refractivity contribution in [1.82, 2.24) is 0 Å². The average Bonchev–Trinajstić information content (AvgIpc) is 2.17. The number of rotatable bonds is 3. The number of carbonyl (C=O) groups is 1. The minimum absolute atomic E-state index is 0.352. The fourth-order valence-corrected chi connectivity index (χ4v) is 1.10. The fraction of sp³-hybridized carbons (Fsp3) is 0.200. The SMILES string of the molecule is N#Cc1cccc([C@@H](O)CC(=O)O)c1. The third-order valence-corrected chi connectivity index (χ3v) is 1.77. The molecule has 0 aliphatic carbocycles. The van der Waals surface area contributed by atoms with Crippen LogP contribution in [0.5, 0.6) is 0 Å². The van der Waals surface area contributed by atoms with Gasteiger partial charge in [-0.05, 0) is 17.7 Å². The topological polar surface area (TPSA) is 81.3 Å². The highest BCUT2D eigenvalue weighted by molar-refractivity contribution is 5.67. The van der Waals surface area contributed by atoms with Crippen molar-refractivity contribution in [1.29, 1.82) is 5.26 Å². The van der Waals surface area contributed by atoms with Crippen LogP contribution in [0.25, 0.3) is 0 Å². The molecule has 0 amide bonds. The maximum Gasteiger partial charge on any atom is 0.306 e. The molecule has 4 nitrogen and oxygen atoms in total. The van der Waals surface area contributed by atoms with E-state index in [0.29, 0.717) is 11.1 Å². The summed E-state index contributed by atoms with van der Waals surface area (Å²) in [6.07, 6.45) is -1.41. The van der Waals surface area contributed by atoms with E-state index in [9.17, 15) is 9.90 Å². The van der Waals surface area contributed by atoms with Crippen LogP contribution in [0.4, 0.5) is 0 Å². The first-order chi connectivity index (χ1) is 6.63. The highest BCUT2D eigenvalue weighted by atomic mass is 16.4. The summed E-state index contributed by atoms with van der Waals surface area (Å²) in [6, 6.07) is 8.19. The molecule has 0 fully saturated rings. The Morgan fingerprint density at radius 1 is 1.57 bits per heavy atom. The summed E-state index contributed by atoms with van der Waals surface area (Å²) in [4.78, 5) is 10.3. The van der Waals surface area contributed by atoms with E-state index in [0.717, 1.165) is 0 Å². The summed E-state index contributed by atoms with van der Waals surface area (Å²) >= 11 is 0. The molecule has 0 saturated carbocycles. The van der Waals surface area contributed by atoms with Crippen LogP contribution in [-0.4, -0.2) is 16.2 Å². The minimum Gasteiger partial charge on any atom is -0.481 e. The molecule has 0 unspecified atom stereocenters. The summed E-state index contributed by atoms with van der Waals surface area (Å²) in [6.45, 7) is 0. The van der Waals surface area contributed by atoms with E-state index in [4.69, 9.17) is 10.4 Å². The Bertz CT molecular complexity index is 381. The molecule has 0 heterocycles. The minimum atomic E-state index is -1.07. The number of aliphatic hydroxyl groups is 1. The van der Waals surface area contributed by atoms with E-state index >= 15 is 0 Å². The molecule has 1 aromatic rings. The zero-order valence-corrected chi connectivity index (χ0v) is 7.34. The van der Waals surface area contributed by atoms with Crippen LogP contribution < -0.4 is 0 Å². The van der Waals surface area contributed by atoms with E-state index < -0.39 is 12.1 Å². The number of carboxylic acids is 1. The molecule has 0 saturated heterocycles. The first-order valence-electron chi connectivity index (χ1n) is 4.03. The molecule has 0 aromatic heterocycles. The first kappa shape index (κ1) is 10.2. The van der Waals surface area contributed by atoms with Crippen molar-refractivity contribution >= 4 is 5.97 Å². The standard InChI is InChI=1S/C10H9NO3/c11-6-7-2-1-3-8(4-7)9(12)5-10(13)14/h1-4,9,12H,5H2,(H,13,14)/t9-/m0/s1. The zero-order valence-electron chi connectivity index (χ0n) is 7.34. The second-order valence-electron chi connectivity index (χ2n) is 2.85. The Labute approximate surface area is 81.0 Å². The van der Waals surface area contributed by atoms with Gasteiger partial charge in [-0.1, -0.05) is 12.1 Å². The number of hydrogen-bond donors (Lipinski definition) is 2. The predicted molar refractivity (Wildman–Crippen MR) is 48.4 cm³/mol. The lowest BCUT2D eigenvalue weighted by molar-refractivity contribution is -0.139. The van der Waals surface area contributed by atoms with Gasteiger partial charge in [0.15, 0.2) is 0 Å². The van der Waals surface area contributed by atoms with Gasteiger partial charge in [-0.15, -0.1) is 0 Å². The third kappa shape index (κ3) is 2.57. The van der Waals surface area contributed by atoms with E-state index in [1.165, 1.54) is 6.07 Å². The molecule has 1 rings (SSSR count). The molecule has 4 heteroatoms. The van der Waals surface area contributed by atoms with Gasteiger partial charge in [0.05, 0.1) is 24.2 Å². The number of aliphatic carboxylic acids is 1. The van der Waals surface area contributed by atoms with Crippen molar-refractivity contribution in [2.45, 2.75) is 12.5 Å². The van der Waals surface area contributed by atoms with Gasteiger partial charge in [0.1, 0.15) is 0 Å². The largest absolute Gasteiger partial charge is 0.481 e. The Kier molecular flexibility index (Phi) is 3.21. The second kappa shape index (κ2) is 4.40. The molecule has 0 aliphatic rings. The van der Waals surface area contributed by atoms with Gasteiger partial charge in [0.2, 0.25) is 0 Å². The number of nitriles is 1. The Morgan fingerprint density at radius 3 is 2.86 bits per heavy atom. The van der Waals surface area contributed by atoms with Crippen LogP contribution in [-0.2, 0) is 4.79 Å². The lowest BCUT2D eigenvalue weighted by Crippen LogP contribution is -2.05. The van der Waals surface area contributed by atoms with Crippen molar-refractivity contribution in [3.8, 4) is 6.07 Å². The lowest BCUT2D eigenvalue weighted by atomic mass is 10.0. The summed E-state index contributed by atoms with van der Waals surface area (Å²) in [7, 11) is 0. The van der Waals surface area contributed by atoms with E-state index in [-0.39, 0.29) is 6.42 Å². The second-order valence-corrected chi connectivity index (χ2v) is 2.85. The number of nitrogens with zero attached hydrogens (tertiary/aromatic N) is 1. The normalized spacial score (nSPS) is 11.7. The number of hydrogen-bond acceptors (Lipinski definition) is 3. The van der Waals surface area contributed by atoms with Crippen molar-refractivity contribution in [3.05, 3.63) is 35.4 Å². The molecular weight excluding hydrogens is 182 g/mol. The van der Waals surface area contributed by atoms with E-state index in [1.807, 2.05) is 6.07 Å². The van der Waals surface area contributed by atoms with Gasteiger partial charge >= 0.3 is 5.97 Å². The number of aliphatic hydroxyl groups excluding tert-OH is 1. The van der Waals surface area contributed by atoms with Crippen LogP contribution in [0.3, 0.4) is 0 Å². The van der Waals surface area contributed by atoms with E-state index in [1.54, 1.807) is 18.2 Å². The molecule has 2 N–H and O–H groups in total. The van der Waals surface area contributed by atoms with Crippen molar-refractivity contribution in [3.63, 3.8) is 0 Å². The molecule has 14 heavy (non-hydrogen) atoms.